The van der Waals surface area contributed by atoms with Gasteiger partial charge in [0.2, 0.25) is 0 Å². The molecule has 0 aliphatic heterocycles. The van der Waals surface area contributed by atoms with E-state index >= 15 is 0 Å². The van der Waals surface area contributed by atoms with Crippen LogP contribution in [0.5, 0.6) is 0 Å². The molecular weight excluding hydrogens is 332 g/mol. The lowest BCUT2D eigenvalue weighted by Gasteiger charge is -2.38. The lowest BCUT2D eigenvalue weighted by molar-refractivity contribution is 0.0701. The average Bonchev–Trinajstić information content (AvgIpc) is 2.65. The molecule has 2 nitrogen and oxygen atoms in total. The van der Waals surface area contributed by atoms with Crippen LogP contribution in [0, 0.1) is 17.8 Å². The first-order valence-corrected chi connectivity index (χ1v) is 10.1. The Kier molecular flexibility index (Phi) is 4.67. The maximum atomic E-state index is 12.3. The zero-order chi connectivity index (χ0) is 19.1. The van der Waals surface area contributed by atoms with Gasteiger partial charge in [-0.25, -0.2) is 4.79 Å². The first kappa shape index (κ1) is 18.0. The molecule has 2 heteroatoms. The summed E-state index contributed by atoms with van der Waals surface area (Å²) in [6, 6.07) is 16.4. The van der Waals surface area contributed by atoms with E-state index in [0.717, 1.165) is 28.0 Å². The second-order valence-electron chi connectivity index (χ2n) is 8.66. The summed E-state index contributed by atoms with van der Waals surface area (Å²) in [7, 11) is 0. The normalized spacial score (nSPS) is 23.2. The van der Waals surface area contributed by atoms with E-state index in [-0.39, 0.29) is 0 Å². The van der Waals surface area contributed by atoms with Crippen LogP contribution in [0.2, 0.25) is 0 Å². The summed E-state index contributed by atoms with van der Waals surface area (Å²) in [6.07, 6.45) is 3.66. The fourth-order valence-corrected chi connectivity index (χ4v) is 5.24. The Morgan fingerprint density at radius 1 is 1.04 bits per heavy atom. The molecule has 1 aliphatic carbocycles. The summed E-state index contributed by atoms with van der Waals surface area (Å²) in [5.41, 5.74) is 1.71. The molecule has 0 heterocycles. The van der Waals surface area contributed by atoms with E-state index in [1.807, 2.05) is 24.3 Å². The molecule has 1 saturated carbocycles. The number of rotatable bonds is 3. The van der Waals surface area contributed by atoms with E-state index < -0.39 is 5.97 Å². The fourth-order valence-electron chi connectivity index (χ4n) is 5.24. The number of carbonyl (C=O) groups is 1. The van der Waals surface area contributed by atoms with Gasteiger partial charge >= 0.3 is 5.97 Å². The van der Waals surface area contributed by atoms with Crippen LogP contribution in [-0.4, -0.2) is 11.1 Å². The van der Waals surface area contributed by atoms with Crippen molar-refractivity contribution in [3.05, 3.63) is 59.7 Å². The van der Waals surface area contributed by atoms with E-state index in [1.165, 1.54) is 18.4 Å². The highest BCUT2D eigenvalue weighted by molar-refractivity contribution is 6.17. The third-order valence-electron chi connectivity index (χ3n) is 6.56. The Hall–Kier alpha value is -2.35. The maximum Gasteiger partial charge on any atom is 0.336 e. The zero-order valence-electron chi connectivity index (χ0n) is 16.4. The lowest BCUT2D eigenvalue weighted by atomic mass is 9.66. The molecule has 0 aromatic heterocycles. The fraction of sp³-hybridized carbons (Fsp3) is 0.400. The third-order valence-corrected chi connectivity index (χ3v) is 6.56. The lowest BCUT2D eigenvalue weighted by Crippen LogP contribution is -2.26. The highest BCUT2D eigenvalue weighted by Gasteiger charge is 2.33. The van der Waals surface area contributed by atoms with Crippen LogP contribution in [0.15, 0.2) is 48.5 Å². The molecular formula is C25H28O2. The van der Waals surface area contributed by atoms with Crippen molar-refractivity contribution in [2.75, 3.05) is 0 Å². The molecule has 0 spiro atoms. The van der Waals surface area contributed by atoms with Gasteiger partial charge < -0.3 is 5.11 Å². The topological polar surface area (TPSA) is 37.3 Å². The molecule has 0 saturated heterocycles. The molecule has 3 aromatic rings. The van der Waals surface area contributed by atoms with Gasteiger partial charge in [-0.3, -0.25) is 0 Å². The van der Waals surface area contributed by atoms with Gasteiger partial charge in [-0.1, -0.05) is 69.7 Å². The second-order valence-corrected chi connectivity index (χ2v) is 8.66. The van der Waals surface area contributed by atoms with Gasteiger partial charge in [-0.05, 0) is 64.3 Å². The molecule has 0 amide bonds. The predicted octanol–water partition coefficient (Wildman–Crippen LogP) is 6.87. The van der Waals surface area contributed by atoms with Gasteiger partial charge in [0.15, 0.2) is 0 Å². The highest BCUT2D eigenvalue weighted by atomic mass is 16.4. The first-order chi connectivity index (χ1) is 13.0. The number of carboxylic acid groups (broad SMARTS) is 1. The molecule has 27 heavy (non-hydrogen) atoms. The van der Waals surface area contributed by atoms with Crippen molar-refractivity contribution in [1.82, 2.24) is 0 Å². The number of benzene rings is 3. The minimum Gasteiger partial charge on any atom is -0.478 e. The standard InChI is InChI=1S/C25H28O2/c1-15(2)19-12-11-16(3)13-22(19)21-10-6-8-18-14-17-7-4-5-9-20(17)24(23(18)21)25(26)27/h4-10,14-16,19,22H,11-13H2,1-3H3,(H,26,27). The van der Waals surface area contributed by atoms with Crippen molar-refractivity contribution in [3.63, 3.8) is 0 Å². The van der Waals surface area contributed by atoms with Crippen LogP contribution >= 0.6 is 0 Å². The molecule has 4 rings (SSSR count). The molecule has 140 valence electrons. The van der Waals surface area contributed by atoms with E-state index in [2.05, 4.69) is 45.0 Å². The maximum absolute atomic E-state index is 12.3. The van der Waals surface area contributed by atoms with Crippen molar-refractivity contribution in [2.24, 2.45) is 17.8 Å². The molecule has 1 fully saturated rings. The smallest absolute Gasteiger partial charge is 0.336 e. The summed E-state index contributed by atoms with van der Waals surface area (Å²) in [6.45, 7) is 6.96. The van der Waals surface area contributed by atoms with Gasteiger partial charge in [0.1, 0.15) is 0 Å². The second kappa shape index (κ2) is 6.99. The largest absolute Gasteiger partial charge is 0.478 e. The zero-order valence-corrected chi connectivity index (χ0v) is 16.4. The Labute approximate surface area is 161 Å². The summed E-state index contributed by atoms with van der Waals surface area (Å²) in [5, 5.41) is 14.0. The number of carboxylic acids is 1. The van der Waals surface area contributed by atoms with Crippen LogP contribution in [0.4, 0.5) is 0 Å². The van der Waals surface area contributed by atoms with Gasteiger partial charge in [0.05, 0.1) is 5.56 Å². The van der Waals surface area contributed by atoms with Crippen LogP contribution in [0.3, 0.4) is 0 Å². The number of fused-ring (bicyclic) bond motifs is 2. The summed E-state index contributed by atoms with van der Waals surface area (Å²) < 4.78 is 0. The van der Waals surface area contributed by atoms with Crippen LogP contribution < -0.4 is 0 Å². The van der Waals surface area contributed by atoms with E-state index in [9.17, 15) is 9.90 Å². The number of aromatic carboxylic acids is 1. The summed E-state index contributed by atoms with van der Waals surface area (Å²) in [4.78, 5) is 12.3. The van der Waals surface area contributed by atoms with Gasteiger partial charge in [-0.15, -0.1) is 0 Å². The third kappa shape index (κ3) is 3.12. The van der Waals surface area contributed by atoms with Crippen molar-refractivity contribution < 1.29 is 9.90 Å². The summed E-state index contributed by atoms with van der Waals surface area (Å²) in [5.74, 6) is 1.51. The number of hydrogen-bond acceptors (Lipinski definition) is 1. The molecule has 0 radical (unpaired) electrons. The first-order valence-electron chi connectivity index (χ1n) is 10.1. The monoisotopic (exact) mass is 360 g/mol. The Bertz CT molecular complexity index is 1000. The van der Waals surface area contributed by atoms with Crippen LogP contribution in [0.1, 0.15) is 61.9 Å². The molecule has 0 bridgehead atoms. The van der Waals surface area contributed by atoms with Crippen molar-refractivity contribution in [2.45, 2.75) is 46.0 Å². The highest BCUT2D eigenvalue weighted by Crippen LogP contribution is 2.47. The average molecular weight is 360 g/mol. The van der Waals surface area contributed by atoms with Crippen LogP contribution in [0.25, 0.3) is 21.5 Å². The van der Waals surface area contributed by atoms with Crippen molar-refractivity contribution in [3.8, 4) is 0 Å². The molecule has 3 atom stereocenters. The quantitative estimate of drug-likeness (QED) is 0.518. The molecule has 1 aliphatic rings. The minimum absolute atomic E-state index is 0.428. The van der Waals surface area contributed by atoms with E-state index in [4.69, 9.17) is 0 Å². The van der Waals surface area contributed by atoms with Crippen molar-refractivity contribution in [1.29, 1.82) is 0 Å². The van der Waals surface area contributed by atoms with Gasteiger partial charge in [-0.2, -0.15) is 0 Å². The Morgan fingerprint density at radius 2 is 1.78 bits per heavy atom. The minimum atomic E-state index is -0.825. The predicted molar refractivity (Wildman–Crippen MR) is 112 cm³/mol. The summed E-state index contributed by atoms with van der Waals surface area (Å²) >= 11 is 0. The SMILES string of the molecule is CC1CCC(C(C)C)C(c2cccc3cc4ccccc4c(C(=O)O)c23)C1. The van der Waals surface area contributed by atoms with E-state index in [1.54, 1.807) is 0 Å². The van der Waals surface area contributed by atoms with Crippen LogP contribution in [-0.2, 0) is 0 Å². The van der Waals surface area contributed by atoms with Crippen molar-refractivity contribution >= 4 is 27.5 Å². The number of hydrogen-bond donors (Lipinski definition) is 1. The molecule has 1 N–H and O–H groups in total. The van der Waals surface area contributed by atoms with Gasteiger partial charge in [0, 0.05) is 5.39 Å². The molecule has 3 unspecified atom stereocenters. The Balaban J connectivity index is 2.03. The Morgan fingerprint density at radius 3 is 2.52 bits per heavy atom. The molecule has 3 aromatic carbocycles. The van der Waals surface area contributed by atoms with E-state index in [0.29, 0.717) is 29.2 Å². The van der Waals surface area contributed by atoms with Gasteiger partial charge in [0.25, 0.3) is 0 Å².